The van der Waals surface area contributed by atoms with Crippen LogP contribution in [0.3, 0.4) is 0 Å². The van der Waals surface area contributed by atoms with Crippen LogP contribution in [0, 0.1) is 0 Å². The van der Waals surface area contributed by atoms with Gasteiger partial charge in [-0.2, -0.15) is 0 Å². The molecule has 0 spiro atoms. The summed E-state index contributed by atoms with van der Waals surface area (Å²) in [5.41, 5.74) is 2.70. The first-order chi connectivity index (χ1) is 7.88. The van der Waals surface area contributed by atoms with Crippen molar-refractivity contribution >= 4 is 5.82 Å². The Morgan fingerprint density at radius 3 is 2.62 bits per heavy atom. The Morgan fingerprint density at radius 1 is 1.06 bits per heavy atom. The van der Waals surface area contributed by atoms with Crippen LogP contribution in [0.15, 0.2) is 0 Å². The Kier molecular flexibility index (Phi) is 2.54. The molecule has 0 aliphatic heterocycles. The zero-order valence-corrected chi connectivity index (χ0v) is 9.92. The molecule has 3 rings (SSSR count). The lowest BCUT2D eigenvalue weighted by Gasteiger charge is -2.12. The third-order valence-corrected chi connectivity index (χ3v) is 3.63. The fourth-order valence-electron chi connectivity index (χ4n) is 2.52. The van der Waals surface area contributed by atoms with Gasteiger partial charge in [0, 0.05) is 24.2 Å². The highest BCUT2D eigenvalue weighted by Gasteiger charge is 2.28. The van der Waals surface area contributed by atoms with Crippen LogP contribution in [0.2, 0.25) is 0 Å². The van der Waals surface area contributed by atoms with Gasteiger partial charge in [-0.05, 0) is 38.5 Å². The second-order valence-electron chi connectivity index (χ2n) is 4.94. The molecule has 2 aliphatic carbocycles. The van der Waals surface area contributed by atoms with Crippen LogP contribution in [-0.4, -0.2) is 17.0 Å². The van der Waals surface area contributed by atoms with E-state index >= 15 is 0 Å². The van der Waals surface area contributed by atoms with E-state index in [4.69, 9.17) is 4.98 Å². The SMILES string of the molecule is CNc1nc(C2CC2)nc2c1CCCCC2. The molecule has 1 saturated carbocycles. The van der Waals surface area contributed by atoms with Gasteiger partial charge in [0.1, 0.15) is 11.6 Å². The van der Waals surface area contributed by atoms with Crippen molar-refractivity contribution in [2.45, 2.75) is 50.9 Å². The van der Waals surface area contributed by atoms with Crippen molar-refractivity contribution in [3.63, 3.8) is 0 Å². The lowest BCUT2D eigenvalue weighted by atomic mass is 10.1. The fraction of sp³-hybridized carbons (Fsp3) is 0.692. The van der Waals surface area contributed by atoms with Crippen molar-refractivity contribution in [1.82, 2.24) is 9.97 Å². The summed E-state index contributed by atoms with van der Waals surface area (Å²) in [5.74, 6) is 2.83. The molecule has 16 heavy (non-hydrogen) atoms. The molecule has 1 N–H and O–H groups in total. The highest BCUT2D eigenvalue weighted by atomic mass is 15.0. The van der Waals surface area contributed by atoms with Crippen LogP contribution >= 0.6 is 0 Å². The molecule has 0 amide bonds. The number of aryl methyl sites for hydroxylation is 1. The minimum absolute atomic E-state index is 0.653. The van der Waals surface area contributed by atoms with Crippen molar-refractivity contribution in [1.29, 1.82) is 0 Å². The minimum atomic E-state index is 0.653. The molecule has 86 valence electrons. The average Bonchev–Trinajstić information content (AvgIpc) is 3.13. The molecule has 3 nitrogen and oxygen atoms in total. The van der Waals surface area contributed by atoms with Gasteiger partial charge in [-0.25, -0.2) is 9.97 Å². The maximum atomic E-state index is 4.79. The van der Waals surface area contributed by atoms with Crippen LogP contribution in [0.1, 0.15) is 55.1 Å². The van der Waals surface area contributed by atoms with Gasteiger partial charge in [0.25, 0.3) is 0 Å². The van der Waals surface area contributed by atoms with E-state index in [0.29, 0.717) is 5.92 Å². The molecular weight excluding hydrogens is 198 g/mol. The molecule has 0 bridgehead atoms. The van der Waals surface area contributed by atoms with Gasteiger partial charge in [0.2, 0.25) is 0 Å². The maximum Gasteiger partial charge on any atom is 0.134 e. The maximum absolute atomic E-state index is 4.79. The van der Waals surface area contributed by atoms with Crippen molar-refractivity contribution in [3.05, 3.63) is 17.1 Å². The number of nitrogens with one attached hydrogen (secondary N) is 1. The van der Waals surface area contributed by atoms with E-state index < -0.39 is 0 Å². The van der Waals surface area contributed by atoms with E-state index in [2.05, 4.69) is 10.3 Å². The van der Waals surface area contributed by atoms with Crippen LogP contribution in [-0.2, 0) is 12.8 Å². The van der Waals surface area contributed by atoms with Crippen molar-refractivity contribution in [3.8, 4) is 0 Å². The predicted octanol–water partition coefficient (Wildman–Crippen LogP) is 2.66. The first-order valence-corrected chi connectivity index (χ1v) is 6.46. The predicted molar refractivity (Wildman–Crippen MR) is 64.8 cm³/mol. The number of anilines is 1. The van der Waals surface area contributed by atoms with Crippen molar-refractivity contribution in [2.24, 2.45) is 0 Å². The molecule has 1 aromatic rings. The zero-order chi connectivity index (χ0) is 11.0. The molecule has 0 atom stereocenters. The Bertz CT molecular complexity index is 396. The number of rotatable bonds is 2. The van der Waals surface area contributed by atoms with Crippen molar-refractivity contribution in [2.75, 3.05) is 12.4 Å². The lowest BCUT2D eigenvalue weighted by molar-refractivity contribution is 0.708. The second-order valence-corrected chi connectivity index (χ2v) is 4.94. The summed E-state index contributed by atoms with van der Waals surface area (Å²) < 4.78 is 0. The van der Waals surface area contributed by atoms with Gasteiger partial charge < -0.3 is 5.32 Å². The molecular formula is C13H19N3. The molecule has 1 heterocycles. The Balaban J connectivity index is 2.04. The van der Waals surface area contributed by atoms with Crippen LogP contribution < -0.4 is 5.32 Å². The van der Waals surface area contributed by atoms with E-state index in [0.717, 1.165) is 24.5 Å². The quantitative estimate of drug-likeness (QED) is 0.774. The standard InChI is InChI=1S/C13H19N3/c1-14-13-10-5-3-2-4-6-11(10)15-12(16-13)9-7-8-9/h9H,2-8H2,1H3,(H,14,15,16). The van der Waals surface area contributed by atoms with Gasteiger partial charge >= 0.3 is 0 Å². The number of nitrogens with zero attached hydrogens (tertiary/aromatic N) is 2. The molecule has 0 saturated heterocycles. The highest BCUT2D eigenvalue weighted by Crippen LogP contribution is 2.39. The highest BCUT2D eigenvalue weighted by molar-refractivity contribution is 5.47. The topological polar surface area (TPSA) is 37.8 Å². The Labute approximate surface area is 96.7 Å². The normalized spacial score (nSPS) is 20.1. The van der Waals surface area contributed by atoms with Crippen LogP contribution in [0.4, 0.5) is 5.82 Å². The van der Waals surface area contributed by atoms with Gasteiger partial charge in [-0.3, -0.25) is 0 Å². The summed E-state index contributed by atoms with van der Waals surface area (Å²) >= 11 is 0. The summed E-state index contributed by atoms with van der Waals surface area (Å²) in [6.07, 6.45) is 8.76. The smallest absolute Gasteiger partial charge is 0.134 e. The summed E-state index contributed by atoms with van der Waals surface area (Å²) in [5, 5.41) is 3.25. The van der Waals surface area contributed by atoms with Gasteiger partial charge in [-0.15, -0.1) is 0 Å². The molecule has 0 radical (unpaired) electrons. The molecule has 1 aromatic heterocycles. The van der Waals surface area contributed by atoms with E-state index in [1.807, 2.05) is 7.05 Å². The first kappa shape index (κ1) is 10.1. The number of hydrogen-bond donors (Lipinski definition) is 1. The monoisotopic (exact) mass is 217 g/mol. The Morgan fingerprint density at radius 2 is 1.88 bits per heavy atom. The summed E-state index contributed by atoms with van der Waals surface area (Å²) in [6.45, 7) is 0. The van der Waals surface area contributed by atoms with Crippen LogP contribution in [0.5, 0.6) is 0 Å². The van der Waals surface area contributed by atoms with Gasteiger partial charge in [-0.1, -0.05) is 6.42 Å². The Hall–Kier alpha value is -1.12. The minimum Gasteiger partial charge on any atom is -0.373 e. The summed E-state index contributed by atoms with van der Waals surface area (Å²) in [7, 11) is 1.98. The van der Waals surface area contributed by atoms with E-state index in [1.54, 1.807) is 0 Å². The lowest BCUT2D eigenvalue weighted by Crippen LogP contribution is -2.08. The molecule has 2 aliphatic rings. The number of hydrogen-bond acceptors (Lipinski definition) is 3. The van der Waals surface area contributed by atoms with E-state index in [-0.39, 0.29) is 0 Å². The average molecular weight is 217 g/mol. The second kappa shape index (κ2) is 4.04. The van der Waals surface area contributed by atoms with E-state index in [1.165, 1.54) is 43.4 Å². The first-order valence-electron chi connectivity index (χ1n) is 6.46. The summed E-state index contributed by atoms with van der Waals surface area (Å²) in [6, 6.07) is 0. The van der Waals surface area contributed by atoms with E-state index in [9.17, 15) is 0 Å². The molecule has 3 heteroatoms. The molecule has 1 fully saturated rings. The number of aromatic nitrogens is 2. The fourth-order valence-corrected chi connectivity index (χ4v) is 2.52. The zero-order valence-electron chi connectivity index (χ0n) is 9.92. The van der Waals surface area contributed by atoms with Crippen molar-refractivity contribution < 1.29 is 0 Å². The van der Waals surface area contributed by atoms with Gasteiger partial charge in [0.15, 0.2) is 0 Å². The molecule has 0 aromatic carbocycles. The third kappa shape index (κ3) is 1.79. The van der Waals surface area contributed by atoms with Crippen LogP contribution in [0.25, 0.3) is 0 Å². The third-order valence-electron chi connectivity index (χ3n) is 3.63. The largest absolute Gasteiger partial charge is 0.373 e. The summed E-state index contributed by atoms with van der Waals surface area (Å²) in [4.78, 5) is 9.48. The van der Waals surface area contributed by atoms with Gasteiger partial charge in [0.05, 0.1) is 0 Å². The molecule has 0 unspecified atom stereocenters. The number of fused-ring (bicyclic) bond motifs is 1.